The molecule has 256 valence electrons. The molecular formula is C40H39ClN4O5. The quantitative estimate of drug-likeness (QED) is 0.107. The maximum atomic E-state index is 14.1. The maximum Gasteiger partial charge on any atom is 0.264 e. The van der Waals surface area contributed by atoms with Crippen molar-refractivity contribution < 1.29 is 24.6 Å². The zero-order valence-electron chi connectivity index (χ0n) is 27.7. The summed E-state index contributed by atoms with van der Waals surface area (Å²) in [5, 5.41) is 26.0. The van der Waals surface area contributed by atoms with Gasteiger partial charge in [0.15, 0.2) is 5.60 Å². The highest BCUT2D eigenvalue weighted by Gasteiger charge is 2.52. The summed E-state index contributed by atoms with van der Waals surface area (Å²) in [6.45, 7) is 2.26. The predicted octanol–water partition coefficient (Wildman–Crippen LogP) is 6.34. The van der Waals surface area contributed by atoms with Crippen molar-refractivity contribution in [2.24, 2.45) is 5.92 Å². The summed E-state index contributed by atoms with van der Waals surface area (Å²) >= 11 is 6.37. The van der Waals surface area contributed by atoms with E-state index in [0.29, 0.717) is 28.5 Å². The molecule has 4 N–H and O–H groups in total. The lowest BCUT2D eigenvalue weighted by Crippen LogP contribution is -2.44. The molecule has 1 aromatic heterocycles. The van der Waals surface area contributed by atoms with E-state index in [1.807, 2.05) is 79.0 Å². The third-order valence-electron chi connectivity index (χ3n) is 9.12. The molecule has 0 spiro atoms. The van der Waals surface area contributed by atoms with Crippen molar-refractivity contribution in [3.8, 4) is 0 Å². The number of carbonyl (C=O) groups is 3. The van der Waals surface area contributed by atoms with E-state index in [1.165, 1.54) is 4.90 Å². The highest BCUT2D eigenvalue weighted by atomic mass is 35.5. The smallest absolute Gasteiger partial charge is 0.264 e. The van der Waals surface area contributed by atoms with E-state index in [4.69, 9.17) is 11.6 Å². The summed E-state index contributed by atoms with van der Waals surface area (Å²) in [5.74, 6) is -1.58. The fraction of sp³-hybridized carbons (Fsp3) is 0.225. The van der Waals surface area contributed by atoms with E-state index in [0.717, 1.165) is 27.6 Å². The van der Waals surface area contributed by atoms with Crippen LogP contribution in [0.5, 0.6) is 0 Å². The van der Waals surface area contributed by atoms with Gasteiger partial charge >= 0.3 is 0 Å². The van der Waals surface area contributed by atoms with Crippen molar-refractivity contribution in [1.82, 2.24) is 9.88 Å². The highest BCUT2D eigenvalue weighted by molar-refractivity contribution is 6.31. The summed E-state index contributed by atoms with van der Waals surface area (Å²) in [6.07, 6.45) is 5.41. The lowest BCUT2D eigenvalue weighted by Gasteiger charge is -2.28. The Labute approximate surface area is 295 Å². The number of halogens is 1. The van der Waals surface area contributed by atoms with Crippen molar-refractivity contribution >= 4 is 51.6 Å². The van der Waals surface area contributed by atoms with Gasteiger partial charge in [-0.05, 0) is 53.1 Å². The Hall–Kier alpha value is -5.22. The van der Waals surface area contributed by atoms with Gasteiger partial charge in [0, 0.05) is 58.8 Å². The fourth-order valence-corrected chi connectivity index (χ4v) is 6.69. The molecule has 2 atom stereocenters. The van der Waals surface area contributed by atoms with Gasteiger partial charge in [-0.3, -0.25) is 14.4 Å². The molecule has 3 amide bonds. The molecule has 10 heteroatoms. The van der Waals surface area contributed by atoms with Crippen LogP contribution >= 0.6 is 11.6 Å². The zero-order chi connectivity index (χ0) is 35.3. The summed E-state index contributed by atoms with van der Waals surface area (Å²) in [6, 6.07) is 29.6. The molecule has 2 heterocycles. The van der Waals surface area contributed by atoms with Gasteiger partial charge in [-0.15, -0.1) is 0 Å². The first-order valence-electron chi connectivity index (χ1n) is 16.5. The monoisotopic (exact) mass is 690 g/mol. The van der Waals surface area contributed by atoms with Crippen molar-refractivity contribution in [1.29, 1.82) is 0 Å². The number of rotatable bonds is 13. The molecule has 0 radical (unpaired) electrons. The minimum absolute atomic E-state index is 0.0341. The van der Waals surface area contributed by atoms with Crippen LogP contribution in [-0.4, -0.2) is 51.0 Å². The summed E-state index contributed by atoms with van der Waals surface area (Å²) in [7, 11) is 0. The number of anilines is 2. The van der Waals surface area contributed by atoms with Gasteiger partial charge in [0.1, 0.15) is 0 Å². The lowest BCUT2D eigenvalue weighted by atomic mass is 9.83. The van der Waals surface area contributed by atoms with Crippen molar-refractivity contribution in [3.63, 3.8) is 0 Å². The number of aliphatic hydroxyl groups is 2. The standard InChI is InChI=1S/C40H39ClN4O5/c1-27(9-7-16-38(48)44(19-20-46)25-28-10-3-2-4-11-28)40(50)34-23-31(41)17-18-36(34)45(39(40)49)26-29-12-8-13-32(21-29)43-37(47)22-30-24-42-35-15-6-5-14-33(30)35/h2-15,17-18,21,23-24,27,42,46,50H,16,19-20,22,25-26H2,1H3,(H,43,47)/b9-7+/t27-,40+/m0/s1. The Bertz CT molecular complexity index is 2040. The first kappa shape index (κ1) is 34.6. The van der Waals surface area contributed by atoms with Gasteiger partial charge < -0.3 is 30.3 Å². The van der Waals surface area contributed by atoms with Gasteiger partial charge in [0.05, 0.1) is 25.3 Å². The molecule has 4 aromatic carbocycles. The van der Waals surface area contributed by atoms with E-state index in [2.05, 4.69) is 10.3 Å². The second-order valence-corrected chi connectivity index (χ2v) is 13.0. The number of aromatic amines is 1. The second kappa shape index (κ2) is 15.1. The average molecular weight is 691 g/mol. The predicted molar refractivity (Wildman–Crippen MR) is 195 cm³/mol. The van der Waals surface area contributed by atoms with E-state index >= 15 is 0 Å². The average Bonchev–Trinajstić information content (AvgIpc) is 3.61. The van der Waals surface area contributed by atoms with Crippen molar-refractivity contribution in [2.45, 2.75) is 38.5 Å². The van der Waals surface area contributed by atoms with Crippen LogP contribution in [0.4, 0.5) is 11.4 Å². The lowest BCUT2D eigenvalue weighted by molar-refractivity contribution is -0.139. The molecule has 0 aliphatic carbocycles. The minimum atomic E-state index is -1.93. The Morgan fingerprint density at radius 3 is 2.56 bits per heavy atom. The topological polar surface area (TPSA) is 126 Å². The summed E-state index contributed by atoms with van der Waals surface area (Å²) in [4.78, 5) is 46.5. The van der Waals surface area contributed by atoms with Crippen LogP contribution in [0, 0.1) is 5.92 Å². The SMILES string of the molecule is C[C@@H](/C=C/CC(=O)N(CCO)Cc1ccccc1)[C@]1(O)C(=O)N(Cc2cccc(NC(=O)Cc3c[nH]c4ccccc34)c2)c2ccc(Cl)cc21. The number of carbonyl (C=O) groups excluding carboxylic acids is 3. The number of aromatic nitrogens is 1. The largest absolute Gasteiger partial charge is 0.395 e. The Kier molecular flexibility index (Phi) is 10.5. The number of benzene rings is 4. The number of nitrogens with one attached hydrogen (secondary N) is 2. The van der Waals surface area contributed by atoms with Crippen molar-refractivity contribution in [3.05, 3.63) is 143 Å². The molecule has 9 nitrogen and oxygen atoms in total. The van der Waals surface area contributed by atoms with E-state index in [1.54, 1.807) is 48.2 Å². The molecule has 0 unspecified atom stereocenters. The van der Waals surface area contributed by atoms with Gasteiger partial charge in [0.2, 0.25) is 11.8 Å². The number of nitrogens with zero attached hydrogens (tertiary/aromatic N) is 2. The third kappa shape index (κ3) is 7.35. The molecule has 5 aromatic rings. The number of aliphatic hydroxyl groups excluding tert-OH is 1. The van der Waals surface area contributed by atoms with Crippen LogP contribution in [0.15, 0.2) is 115 Å². The third-order valence-corrected chi connectivity index (χ3v) is 9.36. The molecule has 1 aliphatic rings. The molecule has 0 saturated carbocycles. The Balaban J connectivity index is 1.15. The second-order valence-electron chi connectivity index (χ2n) is 12.5. The van der Waals surface area contributed by atoms with Gasteiger partial charge in [-0.25, -0.2) is 0 Å². The summed E-state index contributed by atoms with van der Waals surface area (Å²) < 4.78 is 0. The van der Waals surface area contributed by atoms with Gasteiger partial charge in [0.25, 0.3) is 5.91 Å². The van der Waals surface area contributed by atoms with E-state index < -0.39 is 17.4 Å². The number of amides is 3. The van der Waals surface area contributed by atoms with Crippen LogP contribution in [0.3, 0.4) is 0 Å². The van der Waals surface area contributed by atoms with E-state index in [-0.39, 0.29) is 44.4 Å². The molecule has 0 saturated heterocycles. The minimum Gasteiger partial charge on any atom is -0.395 e. The van der Waals surface area contributed by atoms with Crippen molar-refractivity contribution in [2.75, 3.05) is 23.4 Å². The van der Waals surface area contributed by atoms with Crippen LogP contribution < -0.4 is 10.2 Å². The number of hydrogen-bond acceptors (Lipinski definition) is 5. The number of H-pyrrole nitrogens is 1. The Morgan fingerprint density at radius 2 is 1.76 bits per heavy atom. The highest BCUT2D eigenvalue weighted by Crippen LogP contribution is 2.46. The first-order valence-corrected chi connectivity index (χ1v) is 16.9. The number of fused-ring (bicyclic) bond motifs is 2. The molecule has 0 fully saturated rings. The van der Waals surface area contributed by atoms with E-state index in [9.17, 15) is 24.6 Å². The molecule has 1 aliphatic heterocycles. The number of para-hydroxylation sites is 1. The molecular weight excluding hydrogens is 652 g/mol. The Morgan fingerprint density at radius 1 is 1.00 bits per heavy atom. The molecule has 0 bridgehead atoms. The fourth-order valence-electron chi connectivity index (χ4n) is 6.52. The molecule has 6 rings (SSSR count). The normalized spacial score (nSPS) is 16.2. The van der Waals surface area contributed by atoms with Crippen LogP contribution in [0.1, 0.15) is 35.6 Å². The van der Waals surface area contributed by atoms with Crippen LogP contribution in [0.2, 0.25) is 5.02 Å². The van der Waals surface area contributed by atoms with Gasteiger partial charge in [-0.2, -0.15) is 0 Å². The van der Waals surface area contributed by atoms with Gasteiger partial charge in [-0.1, -0.05) is 91.3 Å². The van der Waals surface area contributed by atoms with Crippen LogP contribution in [0.25, 0.3) is 10.9 Å². The summed E-state index contributed by atoms with van der Waals surface area (Å²) in [5.41, 5.74) is 3.14. The number of hydrogen-bond donors (Lipinski definition) is 4. The molecule has 50 heavy (non-hydrogen) atoms. The van der Waals surface area contributed by atoms with Crippen LogP contribution in [-0.2, 0) is 39.5 Å². The first-order chi connectivity index (χ1) is 24.2. The zero-order valence-corrected chi connectivity index (χ0v) is 28.4. The maximum absolute atomic E-state index is 14.1.